The van der Waals surface area contributed by atoms with Crippen molar-refractivity contribution in [3.05, 3.63) is 23.5 Å². The molecule has 1 N–H and O–H groups in total. The Balaban J connectivity index is 1.93. The van der Waals surface area contributed by atoms with Gasteiger partial charge in [0.25, 0.3) is 0 Å². The molecule has 1 aliphatic carbocycles. The van der Waals surface area contributed by atoms with Gasteiger partial charge in [-0.05, 0) is 44.7 Å². The summed E-state index contributed by atoms with van der Waals surface area (Å²) in [6, 6.07) is 3.47. The van der Waals surface area contributed by atoms with Gasteiger partial charge in [-0.3, -0.25) is 14.6 Å². The Morgan fingerprint density at radius 3 is 2.65 bits per heavy atom. The summed E-state index contributed by atoms with van der Waals surface area (Å²) >= 11 is 0. The predicted octanol–water partition coefficient (Wildman–Crippen LogP) is 1.33. The van der Waals surface area contributed by atoms with Gasteiger partial charge in [-0.1, -0.05) is 0 Å². The molecule has 1 saturated heterocycles. The summed E-state index contributed by atoms with van der Waals surface area (Å²) in [6.45, 7) is 4.26. The third-order valence-electron chi connectivity index (χ3n) is 3.99. The summed E-state index contributed by atoms with van der Waals surface area (Å²) < 4.78 is 0. The van der Waals surface area contributed by atoms with Crippen molar-refractivity contribution in [3.8, 4) is 0 Å². The minimum atomic E-state index is -0.356. The van der Waals surface area contributed by atoms with Crippen LogP contribution >= 0.6 is 0 Å². The Kier molecular flexibility index (Phi) is 3.20. The minimum absolute atomic E-state index is 0.00658. The third kappa shape index (κ3) is 2.40. The molecule has 3 rings (SSSR count). The molecule has 1 aliphatic heterocycles. The minimum Gasteiger partial charge on any atom is -0.344 e. The van der Waals surface area contributed by atoms with Gasteiger partial charge in [-0.2, -0.15) is 0 Å². The monoisotopic (exact) mass is 273 g/mol. The molecular weight excluding hydrogens is 254 g/mol. The normalized spacial score (nSPS) is 23.5. The zero-order valence-electron chi connectivity index (χ0n) is 11.8. The number of aromatic nitrogens is 1. The number of pyridine rings is 1. The molecule has 0 radical (unpaired) electrons. The average Bonchev–Trinajstić information content (AvgIpc) is 3.21. The average molecular weight is 273 g/mol. The van der Waals surface area contributed by atoms with E-state index in [2.05, 4.69) is 10.3 Å². The molecule has 2 fully saturated rings. The van der Waals surface area contributed by atoms with Crippen LogP contribution in [0.25, 0.3) is 0 Å². The number of aryl methyl sites for hydroxylation is 2. The van der Waals surface area contributed by atoms with E-state index >= 15 is 0 Å². The number of carbonyl (C=O) groups excluding carboxylic acids is 2. The SMILES string of the molecule is Cc1ccc(N2CCC(=O)NC(C3CC3)C2=O)c(C)n1. The summed E-state index contributed by atoms with van der Waals surface area (Å²) in [6.07, 6.45) is 2.40. The first-order valence-electron chi connectivity index (χ1n) is 7.11. The maximum atomic E-state index is 12.7. The molecule has 1 atom stereocenters. The van der Waals surface area contributed by atoms with E-state index in [1.54, 1.807) is 4.90 Å². The van der Waals surface area contributed by atoms with E-state index in [4.69, 9.17) is 0 Å². The molecule has 0 aromatic carbocycles. The third-order valence-corrected chi connectivity index (χ3v) is 3.99. The van der Waals surface area contributed by atoms with E-state index in [9.17, 15) is 9.59 Å². The first kappa shape index (κ1) is 13.1. The highest BCUT2D eigenvalue weighted by atomic mass is 16.2. The van der Waals surface area contributed by atoms with Crippen molar-refractivity contribution in [1.82, 2.24) is 10.3 Å². The van der Waals surface area contributed by atoms with Gasteiger partial charge in [-0.25, -0.2) is 0 Å². The van der Waals surface area contributed by atoms with Crippen molar-refractivity contribution < 1.29 is 9.59 Å². The Labute approximate surface area is 118 Å². The smallest absolute Gasteiger partial charge is 0.249 e. The van der Waals surface area contributed by atoms with E-state index in [1.165, 1.54) is 0 Å². The standard InChI is InChI=1S/C15H19N3O2/c1-9-3-6-12(10(2)16-9)18-8-7-13(19)17-14(15(18)20)11-4-5-11/h3,6,11,14H,4-5,7-8H2,1-2H3,(H,17,19). The van der Waals surface area contributed by atoms with Crippen molar-refractivity contribution in [2.75, 3.05) is 11.4 Å². The summed E-state index contributed by atoms with van der Waals surface area (Å²) in [5.41, 5.74) is 2.59. The van der Waals surface area contributed by atoms with Gasteiger partial charge >= 0.3 is 0 Å². The van der Waals surface area contributed by atoms with E-state index < -0.39 is 0 Å². The molecule has 1 unspecified atom stereocenters. The highest BCUT2D eigenvalue weighted by Crippen LogP contribution is 2.35. The highest BCUT2D eigenvalue weighted by Gasteiger charge is 2.41. The van der Waals surface area contributed by atoms with Crippen LogP contribution in [-0.4, -0.2) is 29.4 Å². The Bertz CT molecular complexity index is 566. The molecule has 2 aliphatic rings. The van der Waals surface area contributed by atoms with E-state index in [1.807, 2.05) is 26.0 Å². The lowest BCUT2D eigenvalue weighted by atomic mass is 10.1. The predicted molar refractivity (Wildman–Crippen MR) is 75.3 cm³/mol. The number of carbonyl (C=O) groups is 2. The van der Waals surface area contributed by atoms with Crippen LogP contribution in [0.1, 0.15) is 30.7 Å². The van der Waals surface area contributed by atoms with Crippen molar-refractivity contribution in [3.63, 3.8) is 0 Å². The Hall–Kier alpha value is -1.91. The molecule has 106 valence electrons. The summed E-state index contributed by atoms with van der Waals surface area (Å²) in [4.78, 5) is 30.6. The number of amides is 2. The van der Waals surface area contributed by atoms with Crippen LogP contribution in [0.2, 0.25) is 0 Å². The van der Waals surface area contributed by atoms with Crippen LogP contribution < -0.4 is 10.2 Å². The fraction of sp³-hybridized carbons (Fsp3) is 0.533. The molecule has 1 aromatic heterocycles. The first-order valence-corrected chi connectivity index (χ1v) is 7.11. The number of nitrogens with one attached hydrogen (secondary N) is 1. The van der Waals surface area contributed by atoms with Crippen molar-refractivity contribution in [2.45, 2.75) is 39.2 Å². The quantitative estimate of drug-likeness (QED) is 0.884. The van der Waals surface area contributed by atoms with Gasteiger partial charge < -0.3 is 10.2 Å². The molecule has 0 bridgehead atoms. The van der Waals surface area contributed by atoms with Gasteiger partial charge in [0.05, 0.1) is 11.4 Å². The molecule has 5 nitrogen and oxygen atoms in total. The van der Waals surface area contributed by atoms with Gasteiger partial charge in [0.1, 0.15) is 6.04 Å². The number of anilines is 1. The van der Waals surface area contributed by atoms with Crippen LogP contribution in [0.3, 0.4) is 0 Å². The molecule has 0 spiro atoms. The van der Waals surface area contributed by atoms with Crippen molar-refractivity contribution in [1.29, 1.82) is 0 Å². The lowest BCUT2D eigenvalue weighted by Gasteiger charge is -2.25. The summed E-state index contributed by atoms with van der Waals surface area (Å²) in [7, 11) is 0. The first-order chi connectivity index (χ1) is 9.56. The van der Waals surface area contributed by atoms with Crippen molar-refractivity contribution >= 4 is 17.5 Å². The van der Waals surface area contributed by atoms with E-state index in [0.717, 1.165) is 29.9 Å². The van der Waals surface area contributed by atoms with E-state index in [-0.39, 0.29) is 17.9 Å². The molecule has 1 saturated carbocycles. The Morgan fingerprint density at radius 1 is 1.25 bits per heavy atom. The molecule has 20 heavy (non-hydrogen) atoms. The highest BCUT2D eigenvalue weighted by molar-refractivity contribution is 6.02. The van der Waals surface area contributed by atoms with Crippen LogP contribution in [-0.2, 0) is 9.59 Å². The molecule has 5 heteroatoms. The zero-order chi connectivity index (χ0) is 14.3. The fourth-order valence-electron chi connectivity index (χ4n) is 2.75. The molecule has 1 aromatic rings. The second-order valence-electron chi connectivity index (χ2n) is 5.68. The van der Waals surface area contributed by atoms with Crippen LogP contribution in [0.4, 0.5) is 5.69 Å². The topological polar surface area (TPSA) is 62.3 Å². The summed E-state index contributed by atoms with van der Waals surface area (Å²) in [5.74, 6) is 0.286. The molecule has 2 amide bonds. The second-order valence-corrected chi connectivity index (χ2v) is 5.68. The van der Waals surface area contributed by atoms with Crippen molar-refractivity contribution in [2.24, 2.45) is 5.92 Å². The van der Waals surface area contributed by atoms with Crippen LogP contribution in [0, 0.1) is 19.8 Å². The second kappa shape index (κ2) is 4.89. The summed E-state index contributed by atoms with van der Waals surface area (Å²) in [5, 5.41) is 2.87. The fourth-order valence-corrected chi connectivity index (χ4v) is 2.75. The number of hydrogen-bond acceptors (Lipinski definition) is 3. The lowest BCUT2D eigenvalue weighted by Crippen LogP contribution is -2.46. The Morgan fingerprint density at radius 2 is 2.00 bits per heavy atom. The maximum absolute atomic E-state index is 12.7. The molecule has 2 heterocycles. The number of nitrogens with zero attached hydrogens (tertiary/aromatic N) is 2. The van der Waals surface area contributed by atoms with Gasteiger partial charge in [0.15, 0.2) is 0 Å². The zero-order valence-corrected chi connectivity index (χ0v) is 11.8. The molecular formula is C15H19N3O2. The lowest BCUT2D eigenvalue weighted by molar-refractivity contribution is -0.126. The van der Waals surface area contributed by atoms with Crippen LogP contribution in [0.5, 0.6) is 0 Å². The number of rotatable bonds is 2. The van der Waals surface area contributed by atoms with Gasteiger partial charge in [-0.15, -0.1) is 0 Å². The largest absolute Gasteiger partial charge is 0.344 e. The number of hydrogen-bond donors (Lipinski definition) is 1. The maximum Gasteiger partial charge on any atom is 0.249 e. The van der Waals surface area contributed by atoms with Gasteiger partial charge in [0.2, 0.25) is 11.8 Å². The van der Waals surface area contributed by atoms with E-state index in [0.29, 0.717) is 18.9 Å². The van der Waals surface area contributed by atoms with Gasteiger partial charge in [0, 0.05) is 18.7 Å². The van der Waals surface area contributed by atoms with Crippen LogP contribution in [0.15, 0.2) is 12.1 Å².